The quantitative estimate of drug-likeness (QED) is 0.604. The monoisotopic (exact) mass is 180 g/mol. The minimum Gasteiger partial charge on any atom is -0.469 e. The SMILES string of the molecule is CCCCCCc1coc(CC)c1. The summed E-state index contributed by atoms with van der Waals surface area (Å²) in [6, 6.07) is 2.19. The van der Waals surface area contributed by atoms with Gasteiger partial charge in [-0.1, -0.05) is 33.1 Å². The van der Waals surface area contributed by atoms with Gasteiger partial charge in [-0.05, 0) is 24.5 Å². The van der Waals surface area contributed by atoms with Gasteiger partial charge in [0, 0.05) is 6.42 Å². The molecule has 0 unspecified atom stereocenters. The fraction of sp³-hybridized carbons (Fsp3) is 0.667. The van der Waals surface area contributed by atoms with Crippen LogP contribution in [0.3, 0.4) is 0 Å². The van der Waals surface area contributed by atoms with Gasteiger partial charge in [-0.2, -0.15) is 0 Å². The molecule has 0 aliphatic heterocycles. The zero-order valence-corrected chi connectivity index (χ0v) is 8.81. The van der Waals surface area contributed by atoms with Gasteiger partial charge in [0.2, 0.25) is 0 Å². The van der Waals surface area contributed by atoms with E-state index < -0.39 is 0 Å². The molecular weight excluding hydrogens is 160 g/mol. The molecule has 0 aliphatic carbocycles. The van der Waals surface area contributed by atoms with Crippen molar-refractivity contribution >= 4 is 0 Å². The molecule has 74 valence electrons. The van der Waals surface area contributed by atoms with Crippen LogP contribution in [0.25, 0.3) is 0 Å². The zero-order valence-electron chi connectivity index (χ0n) is 8.81. The number of furan rings is 1. The van der Waals surface area contributed by atoms with Gasteiger partial charge in [0.05, 0.1) is 6.26 Å². The van der Waals surface area contributed by atoms with E-state index in [9.17, 15) is 0 Å². The number of unbranched alkanes of at least 4 members (excludes halogenated alkanes) is 3. The van der Waals surface area contributed by atoms with Crippen molar-refractivity contribution in [2.75, 3.05) is 0 Å². The van der Waals surface area contributed by atoms with Crippen molar-refractivity contribution in [2.45, 2.75) is 52.4 Å². The first-order chi connectivity index (χ1) is 6.36. The average molecular weight is 180 g/mol. The topological polar surface area (TPSA) is 13.1 Å². The molecule has 1 aromatic heterocycles. The van der Waals surface area contributed by atoms with Crippen molar-refractivity contribution in [3.05, 3.63) is 23.7 Å². The summed E-state index contributed by atoms with van der Waals surface area (Å²) < 4.78 is 5.37. The summed E-state index contributed by atoms with van der Waals surface area (Å²) in [4.78, 5) is 0. The van der Waals surface area contributed by atoms with E-state index in [0.29, 0.717) is 0 Å². The van der Waals surface area contributed by atoms with E-state index in [4.69, 9.17) is 4.42 Å². The summed E-state index contributed by atoms with van der Waals surface area (Å²) in [6.45, 7) is 4.37. The Morgan fingerprint density at radius 1 is 1.15 bits per heavy atom. The first kappa shape index (κ1) is 10.4. The highest BCUT2D eigenvalue weighted by Gasteiger charge is 1.98. The maximum atomic E-state index is 5.37. The molecule has 0 saturated heterocycles. The first-order valence-corrected chi connectivity index (χ1v) is 5.43. The van der Waals surface area contributed by atoms with Crippen molar-refractivity contribution in [2.24, 2.45) is 0 Å². The predicted molar refractivity (Wildman–Crippen MR) is 55.9 cm³/mol. The van der Waals surface area contributed by atoms with Gasteiger partial charge in [0.15, 0.2) is 0 Å². The Kier molecular flexibility index (Phi) is 4.66. The van der Waals surface area contributed by atoms with E-state index in [1.54, 1.807) is 0 Å². The molecule has 1 heteroatoms. The highest BCUT2D eigenvalue weighted by Crippen LogP contribution is 2.12. The van der Waals surface area contributed by atoms with Crippen LogP contribution >= 0.6 is 0 Å². The minimum absolute atomic E-state index is 1.01. The highest BCUT2D eigenvalue weighted by atomic mass is 16.3. The summed E-state index contributed by atoms with van der Waals surface area (Å²) in [7, 11) is 0. The van der Waals surface area contributed by atoms with Crippen molar-refractivity contribution in [3.8, 4) is 0 Å². The predicted octanol–water partition coefficient (Wildman–Crippen LogP) is 3.96. The molecule has 0 N–H and O–H groups in total. The van der Waals surface area contributed by atoms with Gasteiger partial charge in [0.1, 0.15) is 5.76 Å². The van der Waals surface area contributed by atoms with E-state index in [1.165, 1.54) is 37.7 Å². The maximum Gasteiger partial charge on any atom is 0.103 e. The van der Waals surface area contributed by atoms with Crippen LogP contribution in [0.5, 0.6) is 0 Å². The second-order valence-electron chi connectivity index (χ2n) is 3.59. The lowest BCUT2D eigenvalue weighted by Gasteiger charge is -1.95. The van der Waals surface area contributed by atoms with E-state index in [1.807, 2.05) is 6.26 Å². The molecule has 13 heavy (non-hydrogen) atoms. The van der Waals surface area contributed by atoms with Crippen LogP contribution in [0.4, 0.5) is 0 Å². The van der Waals surface area contributed by atoms with Crippen LogP contribution in [0.2, 0.25) is 0 Å². The molecule has 0 bridgehead atoms. The molecule has 0 atom stereocenters. The molecule has 0 fully saturated rings. The molecule has 1 nitrogen and oxygen atoms in total. The van der Waals surface area contributed by atoms with Crippen molar-refractivity contribution in [1.82, 2.24) is 0 Å². The second-order valence-corrected chi connectivity index (χ2v) is 3.59. The first-order valence-electron chi connectivity index (χ1n) is 5.43. The van der Waals surface area contributed by atoms with Crippen molar-refractivity contribution in [1.29, 1.82) is 0 Å². The van der Waals surface area contributed by atoms with Gasteiger partial charge in [-0.25, -0.2) is 0 Å². The molecule has 0 radical (unpaired) electrons. The Labute approximate surface area is 81.1 Å². The van der Waals surface area contributed by atoms with E-state index in [-0.39, 0.29) is 0 Å². The molecule has 0 aromatic carbocycles. The lowest BCUT2D eigenvalue weighted by molar-refractivity contribution is 0.513. The van der Waals surface area contributed by atoms with Crippen molar-refractivity contribution in [3.63, 3.8) is 0 Å². The average Bonchev–Trinajstić information content (AvgIpc) is 2.60. The van der Waals surface area contributed by atoms with Crippen LogP contribution in [0.15, 0.2) is 16.7 Å². The summed E-state index contributed by atoms with van der Waals surface area (Å²) >= 11 is 0. The van der Waals surface area contributed by atoms with Crippen LogP contribution in [-0.2, 0) is 12.8 Å². The molecule has 0 aliphatic rings. The van der Waals surface area contributed by atoms with Gasteiger partial charge < -0.3 is 4.42 Å². The lowest BCUT2D eigenvalue weighted by Crippen LogP contribution is -1.82. The van der Waals surface area contributed by atoms with Crippen LogP contribution < -0.4 is 0 Å². The van der Waals surface area contributed by atoms with Crippen molar-refractivity contribution < 1.29 is 4.42 Å². The third-order valence-electron chi connectivity index (χ3n) is 2.38. The molecular formula is C12H20O. The Morgan fingerprint density at radius 2 is 2.00 bits per heavy atom. The Morgan fingerprint density at radius 3 is 2.62 bits per heavy atom. The van der Waals surface area contributed by atoms with Crippen LogP contribution in [-0.4, -0.2) is 0 Å². The Balaban J connectivity index is 2.20. The zero-order chi connectivity index (χ0) is 9.52. The molecule has 1 rings (SSSR count). The molecule has 1 aromatic rings. The highest BCUT2D eigenvalue weighted by molar-refractivity contribution is 5.12. The fourth-order valence-electron chi connectivity index (χ4n) is 1.50. The maximum absolute atomic E-state index is 5.37. The summed E-state index contributed by atoms with van der Waals surface area (Å²) in [5, 5.41) is 0. The van der Waals surface area contributed by atoms with Gasteiger partial charge in [-0.15, -0.1) is 0 Å². The minimum atomic E-state index is 1.01. The Bertz CT molecular complexity index is 225. The number of rotatable bonds is 6. The Hall–Kier alpha value is -0.720. The standard InChI is InChI=1S/C12H20O/c1-3-5-6-7-8-11-9-12(4-2)13-10-11/h9-10H,3-8H2,1-2H3. The summed E-state index contributed by atoms with van der Waals surface area (Å²) in [6.07, 6.45) is 9.42. The lowest BCUT2D eigenvalue weighted by atomic mass is 10.1. The summed E-state index contributed by atoms with van der Waals surface area (Å²) in [5.74, 6) is 1.12. The van der Waals surface area contributed by atoms with Crippen LogP contribution in [0.1, 0.15) is 50.9 Å². The van der Waals surface area contributed by atoms with Gasteiger partial charge in [-0.3, -0.25) is 0 Å². The smallest absolute Gasteiger partial charge is 0.103 e. The van der Waals surface area contributed by atoms with E-state index in [0.717, 1.165) is 12.2 Å². The fourth-order valence-corrected chi connectivity index (χ4v) is 1.50. The van der Waals surface area contributed by atoms with Crippen LogP contribution in [0, 0.1) is 0 Å². The second kappa shape index (κ2) is 5.85. The number of hydrogen-bond acceptors (Lipinski definition) is 1. The number of hydrogen-bond donors (Lipinski definition) is 0. The molecule has 0 spiro atoms. The summed E-state index contributed by atoms with van der Waals surface area (Å²) in [5.41, 5.74) is 1.37. The normalized spacial score (nSPS) is 10.6. The van der Waals surface area contributed by atoms with Gasteiger partial charge >= 0.3 is 0 Å². The van der Waals surface area contributed by atoms with E-state index >= 15 is 0 Å². The third-order valence-corrected chi connectivity index (χ3v) is 2.38. The number of aryl methyl sites for hydroxylation is 2. The molecule has 1 heterocycles. The largest absolute Gasteiger partial charge is 0.469 e. The third kappa shape index (κ3) is 3.67. The molecule has 0 amide bonds. The van der Waals surface area contributed by atoms with E-state index in [2.05, 4.69) is 19.9 Å². The van der Waals surface area contributed by atoms with Gasteiger partial charge in [0.25, 0.3) is 0 Å². The molecule has 0 saturated carbocycles.